The van der Waals surface area contributed by atoms with Crippen LogP contribution in [0.4, 0.5) is 0 Å². The summed E-state index contributed by atoms with van der Waals surface area (Å²) in [7, 11) is 1.57. The van der Waals surface area contributed by atoms with Gasteiger partial charge in [-0.05, 0) is 50.3 Å². The van der Waals surface area contributed by atoms with Crippen molar-refractivity contribution in [3.8, 4) is 17.6 Å². The number of rotatable bonds is 8. The first-order valence-electron chi connectivity index (χ1n) is 8.18. The number of benzene rings is 1. The Labute approximate surface area is 158 Å². The van der Waals surface area contributed by atoms with Crippen molar-refractivity contribution in [2.24, 2.45) is 5.73 Å². The van der Waals surface area contributed by atoms with E-state index in [1.165, 1.54) is 5.48 Å². The van der Waals surface area contributed by atoms with Gasteiger partial charge >= 0.3 is 0 Å². The lowest BCUT2D eigenvalue weighted by Crippen LogP contribution is -2.61. The highest BCUT2D eigenvalue weighted by molar-refractivity contribution is 5.97. The summed E-state index contributed by atoms with van der Waals surface area (Å²) in [6.45, 7) is 3.83. The number of amides is 2. The molecule has 1 aromatic rings. The second-order valence-electron chi connectivity index (χ2n) is 6.20. The minimum Gasteiger partial charge on any atom is -0.490 e. The van der Waals surface area contributed by atoms with E-state index in [1.54, 1.807) is 57.4 Å². The first kappa shape index (κ1) is 22.2. The van der Waals surface area contributed by atoms with Crippen LogP contribution in [0.3, 0.4) is 0 Å². The van der Waals surface area contributed by atoms with Crippen LogP contribution in [0.25, 0.3) is 0 Å². The largest absolute Gasteiger partial charge is 0.490 e. The molecule has 0 fully saturated rings. The summed E-state index contributed by atoms with van der Waals surface area (Å²) in [6.07, 6.45) is 3.42. The summed E-state index contributed by atoms with van der Waals surface area (Å²) < 4.78 is 10.3. The molecule has 8 heteroatoms. The van der Waals surface area contributed by atoms with E-state index in [1.807, 2.05) is 0 Å². The zero-order valence-electron chi connectivity index (χ0n) is 15.6. The molecule has 0 saturated heterocycles. The molecule has 0 saturated carbocycles. The SMILES string of the molecule is COCC#CC=CCOc1ccc(C(=O)NC(C(=O)NO)C(C)(C)N)cc1. The smallest absolute Gasteiger partial charge is 0.267 e. The Hall–Kier alpha value is -2.86. The average Bonchev–Trinajstić information content (AvgIpc) is 2.64. The number of carbonyl (C=O) groups is 2. The van der Waals surface area contributed by atoms with Crippen LogP contribution in [0.5, 0.6) is 5.75 Å². The van der Waals surface area contributed by atoms with Crippen LogP contribution in [0, 0.1) is 11.8 Å². The van der Waals surface area contributed by atoms with Gasteiger partial charge < -0.3 is 20.5 Å². The molecule has 1 atom stereocenters. The Morgan fingerprint density at radius 2 is 2.00 bits per heavy atom. The third kappa shape index (κ3) is 7.92. The van der Waals surface area contributed by atoms with Crippen LogP contribution in [0.15, 0.2) is 36.4 Å². The van der Waals surface area contributed by atoms with Gasteiger partial charge in [0.1, 0.15) is 25.0 Å². The maximum Gasteiger partial charge on any atom is 0.267 e. The zero-order chi connectivity index (χ0) is 20.3. The summed E-state index contributed by atoms with van der Waals surface area (Å²) in [6, 6.07) is 5.28. The minimum absolute atomic E-state index is 0.323. The minimum atomic E-state index is -1.10. The lowest BCUT2D eigenvalue weighted by atomic mass is 9.95. The molecule has 5 N–H and O–H groups in total. The van der Waals surface area contributed by atoms with Crippen LogP contribution in [0.1, 0.15) is 24.2 Å². The summed E-state index contributed by atoms with van der Waals surface area (Å²) in [5.41, 5.74) is 6.65. The summed E-state index contributed by atoms with van der Waals surface area (Å²) in [5.74, 6) is 4.85. The molecular formula is C19H25N3O5. The van der Waals surface area contributed by atoms with E-state index >= 15 is 0 Å². The van der Waals surface area contributed by atoms with Crippen LogP contribution < -0.4 is 21.3 Å². The number of ether oxygens (including phenoxy) is 2. The number of hydrogen-bond donors (Lipinski definition) is 4. The van der Waals surface area contributed by atoms with Gasteiger partial charge in [0.15, 0.2) is 0 Å². The number of hydroxylamine groups is 1. The molecule has 0 aliphatic heterocycles. The monoisotopic (exact) mass is 375 g/mol. The Kier molecular flexibility index (Phi) is 9.02. The predicted octanol–water partition coefficient (Wildman–Crippen LogP) is 0.613. The number of nitrogens with one attached hydrogen (secondary N) is 2. The first-order valence-corrected chi connectivity index (χ1v) is 8.18. The van der Waals surface area contributed by atoms with Crippen LogP contribution in [-0.4, -0.2) is 48.9 Å². The van der Waals surface area contributed by atoms with E-state index in [0.717, 1.165) is 0 Å². The summed E-state index contributed by atoms with van der Waals surface area (Å²) in [5, 5.41) is 11.3. The highest BCUT2D eigenvalue weighted by atomic mass is 16.5. The standard InChI is InChI=1S/C19H25N3O5/c1-19(2,20)16(18(24)22-25)21-17(23)14-8-10-15(11-9-14)27-13-7-5-4-6-12-26-3/h5,7-11,16,25H,12-13,20H2,1-3H3,(H,21,23)(H,22,24). The summed E-state index contributed by atoms with van der Waals surface area (Å²) in [4.78, 5) is 24.0. The van der Waals surface area contributed by atoms with Crippen molar-refractivity contribution in [3.63, 3.8) is 0 Å². The first-order chi connectivity index (χ1) is 12.8. The van der Waals surface area contributed by atoms with Crippen molar-refractivity contribution in [1.82, 2.24) is 10.8 Å². The van der Waals surface area contributed by atoms with Gasteiger partial charge in [-0.1, -0.05) is 11.8 Å². The van der Waals surface area contributed by atoms with Gasteiger partial charge in [-0.2, -0.15) is 0 Å². The number of nitrogens with two attached hydrogens (primary N) is 1. The van der Waals surface area contributed by atoms with Gasteiger partial charge in [0, 0.05) is 18.2 Å². The molecule has 0 aliphatic carbocycles. The Morgan fingerprint density at radius 3 is 2.56 bits per heavy atom. The molecule has 0 aromatic heterocycles. The Balaban J connectivity index is 2.63. The van der Waals surface area contributed by atoms with Crippen molar-refractivity contribution in [2.45, 2.75) is 25.4 Å². The molecular weight excluding hydrogens is 350 g/mol. The van der Waals surface area contributed by atoms with Gasteiger partial charge in [0.25, 0.3) is 11.8 Å². The highest BCUT2D eigenvalue weighted by Gasteiger charge is 2.33. The number of carbonyl (C=O) groups excluding carboxylic acids is 2. The van der Waals surface area contributed by atoms with Gasteiger partial charge in [0.05, 0.1) is 0 Å². The van der Waals surface area contributed by atoms with Crippen molar-refractivity contribution < 1.29 is 24.3 Å². The fourth-order valence-corrected chi connectivity index (χ4v) is 2.00. The molecule has 0 heterocycles. The normalized spacial score (nSPS) is 12.0. The van der Waals surface area contributed by atoms with E-state index < -0.39 is 23.4 Å². The average molecular weight is 375 g/mol. The molecule has 0 radical (unpaired) electrons. The second kappa shape index (κ2) is 11.0. The molecule has 2 amide bonds. The van der Waals surface area contributed by atoms with Gasteiger partial charge in [-0.25, -0.2) is 5.48 Å². The third-order valence-electron chi connectivity index (χ3n) is 3.37. The van der Waals surface area contributed by atoms with Crippen LogP contribution >= 0.6 is 0 Å². The predicted molar refractivity (Wildman–Crippen MR) is 100 cm³/mol. The highest BCUT2D eigenvalue weighted by Crippen LogP contribution is 2.13. The van der Waals surface area contributed by atoms with E-state index in [9.17, 15) is 9.59 Å². The van der Waals surface area contributed by atoms with Crippen molar-refractivity contribution in [3.05, 3.63) is 42.0 Å². The topological polar surface area (TPSA) is 123 Å². The second-order valence-corrected chi connectivity index (χ2v) is 6.20. The molecule has 0 spiro atoms. The third-order valence-corrected chi connectivity index (χ3v) is 3.37. The van der Waals surface area contributed by atoms with Gasteiger partial charge in [-0.3, -0.25) is 14.8 Å². The van der Waals surface area contributed by atoms with E-state index in [4.69, 9.17) is 20.4 Å². The molecule has 146 valence electrons. The fraction of sp³-hybridized carbons (Fsp3) is 0.368. The van der Waals surface area contributed by atoms with E-state index in [0.29, 0.717) is 24.5 Å². The lowest BCUT2D eigenvalue weighted by Gasteiger charge is -2.29. The lowest BCUT2D eigenvalue weighted by molar-refractivity contribution is -0.132. The zero-order valence-corrected chi connectivity index (χ0v) is 15.6. The molecule has 8 nitrogen and oxygen atoms in total. The van der Waals surface area contributed by atoms with Gasteiger partial charge in [-0.15, -0.1) is 0 Å². The molecule has 1 unspecified atom stereocenters. The number of allylic oxidation sites excluding steroid dienone is 1. The molecule has 1 aromatic carbocycles. The molecule has 27 heavy (non-hydrogen) atoms. The molecule has 0 aliphatic rings. The van der Waals surface area contributed by atoms with Crippen molar-refractivity contribution in [2.75, 3.05) is 20.3 Å². The quantitative estimate of drug-likeness (QED) is 0.300. The Morgan fingerprint density at radius 1 is 1.33 bits per heavy atom. The molecule has 1 rings (SSSR count). The maximum atomic E-state index is 12.3. The maximum absolute atomic E-state index is 12.3. The van der Waals surface area contributed by atoms with Crippen LogP contribution in [0.2, 0.25) is 0 Å². The van der Waals surface area contributed by atoms with E-state index in [-0.39, 0.29) is 0 Å². The Bertz CT molecular complexity index is 712. The fourth-order valence-electron chi connectivity index (χ4n) is 2.00. The molecule has 0 bridgehead atoms. The van der Waals surface area contributed by atoms with E-state index in [2.05, 4.69) is 17.2 Å². The number of hydrogen-bond acceptors (Lipinski definition) is 6. The van der Waals surface area contributed by atoms with Gasteiger partial charge in [0.2, 0.25) is 0 Å². The van der Waals surface area contributed by atoms with Crippen molar-refractivity contribution >= 4 is 11.8 Å². The van der Waals surface area contributed by atoms with Crippen molar-refractivity contribution in [1.29, 1.82) is 0 Å². The van der Waals surface area contributed by atoms with Crippen LogP contribution in [-0.2, 0) is 9.53 Å². The summed E-state index contributed by atoms with van der Waals surface area (Å²) >= 11 is 0. The number of methoxy groups -OCH3 is 1.